The molecule has 0 fully saturated rings. The van der Waals surface area contributed by atoms with Gasteiger partial charge in [0.1, 0.15) is 5.82 Å². The van der Waals surface area contributed by atoms with Crippen LogP contribution in [0.15, 0.2) is 18.3 Å². The van der Waals surface area contributed by atoms with Crippen LogP contribution in [0.5, 0.6) is 0 Å². The van der Waals surface area contributed by atoms with Gasteiger partial charge in [-0.3, -0.25) is 4.79 Å². The van der Waals surface area contributed by atoms with E-state index in [2.05, 4.69) is 24.1 Å². The molecule has 0 aliphatic carbocycles. The summed E-state index contributed by atoms with van der Waals surface area (Å²) in [5, 5.41) is 3.11. The number of amides is 1. The first-order valence-corrected chi connectivity index (χ1v) is 6.57. The maximum Gasteiger partial charge on any atom is 0.254 e. The van der Waals surface area contributed by atoms with Crippen LogP contribution in [-0.4, -0.2) is 35.4 Å². The lowest BCUT2D eigenvalue weighted by molar-refractivity contribution is 0.0736. The number of carbonyl (C=O) groups excluding carboxylic acids is 1. The van der Waals surface area contributed by atoms with Gasteiger partial charge in [0, 0.05) is 31.4 Å². The molecule has 1 aromatic heterocycles. The summed E-state index contributed by atoms with van der Waals surface area (Å²) in [5.41, 5.74) is 0.686. The van der Waals surface area contributed by atoms with Crippen LogP contribution in [-0.2, 0) is 0 Å². The van der Waals surface area contributed by atoms with Crippen LogP contribution in [0.3, 0.4) is 0 Å². The van der Waals surface area contributed by atoms with E-state index in [-0.39, 0.29) is 11.9 Å². The third-order valence-corrected chi connectivity index (χ3v) is 3.05. The lowest BCUT2D eigenvalue weighted by Crippen LogP contribution is -2.35. The first kappa shape index (κ1) is 14.5. The molecule has 1 aromatic rings. The average molecular weight is 249 g/mol. The Morgan fingerprint density at radius 3 is 2.83 bits per heavy atom. The van der Waals surface area contributed by atoms with Crippen molar-refractivity contribution in [1.82, 2.24) is 9.88 Å². The molecule has 0 aliphatic heterocycles. The first-order valence-electron chi connectivity index (χ1n) is 6.57. The summed E-state index contributed by atoms with van der Waals surface area (Å²) >= 11 is 0. The fraction of sp³-hybridized carbons (Fsp3) is 0.571. The Morgan fingerprint density at radius 2 is 2.22 bits per heavy atom. The number of hydrogen-bond donors (Lipinski definition) is 1. The minimum atomic E-state index is 0.0532. The third kappa shape index (κ3) is 3.72. The van der Waals surface area contributed by atoms with E-state index in [0.29, 0.717) is 5.56 Å². The number of nitrogens with zero attached hydrogens (tertiary/aromatic N) is 2. The molecular formula is C14H23N3O. The summed E-state index contributed by atoms with van der Waals surface area (Å²) in [7, 11) is 1.86. The first-order chi connectivity index (χ1) is 8.60. The van der Waals surface area contributed by atoms with Gasteiger partial charge in [0.15, 0.2) is 0 Å². The van der Waals surface area contributed by atoms with Crippen molar-refractivity contribution in [2.45, 2.75) is 39.7 Å². The van der Waals surface area contributed by atoms with Crippen LogP contribution in [0.1, 0.15) is 44.0 Å². The maximum atomic E-state index is 12.3. The van der Waals surface area contributed by atoms with Crippen molar-refractivity contribution in [3.63, 3.8) is 0 Å². The molecule has 1 N–H and O–H groups in total. The zero-order chi connectivity index (χ0) is 13.5. The maximum absolute atomic E-state index is 12.3. The Balaban J connectivity index is 2.79. The van der Waals surface area contributed by atoms with Gasteiger partial charge in [0.05, 0.1) is 0 Å². The Morgan fingerprint density at radius 1 is 1.50 bits per heavy atom. The molecule has 4 heteroatoms. The quantitative estimate of drug-likeness (QED) is 0.843. The Labute approximate surface area is 109 Å². The zero-order valence-electron chi connectivity index (χ0n) is 11.7. The fourth-order valence-electron chi connectivity index (χ4n) is 1.86. The Bertz CT molecular complexity index is 392. The Kier molecular flexibility index (Phi) is 5.62. The van der Waals surface area contributed by atoms with Crippen LogP contribution in [0.25, 0.3) is 0 Å². The minimum Gasteiger partial charge on any atom is -0.370 e. The summed E-state index contributed by atoms with van der Waals surface area (Å²) in [6.45, 7) is 7.01. The molecule has 0 aliphatic rings. The second-order valence-corrected chi connectivity index (χ2v) is 4.51. The molecule has 0 saturated heterocycles. The van der Waals surface area contributed by atoms with Gasteiger partial charge >= 0.3 is 0 Å². The van der Waals surface area contributed by atoms with Gasteiger partial charge in [0.2, 0.25) is 0 Å². The lowest BCUT2D eigenvalue weighted by atomic mass is 10.1. The average Bonchev–Trinajstić information content (AvgIpc) is 2.38. The molecule has 1 amide bonds. The standard InChI is InChI=1S/C14H23N3O/c1-5-7-11(3)17(4)14(18)12-8-9-16-13(10-12)15-6-2/h8-11H,5-7H2,1-4H3,(H,15,16). The molecule has 0 radical (unpaired) electrons. The molecule has 100 valence electrons. The number of anilines is 1. The van der Waals surface area contributed by atoms with Crippen molar-refractivity contribution < 1.29 is 4.79 Å². The number of hydrogen-bond acceptors (Lipinski definition) is 3. The van der Waals surface area contributed by atoms with E-state index in [1.54, 1.807) is 23.2 Å². The van der Waals surface area contributed by atoms with E-state index in [1.165, 1.54) is 0 Å². The van der Waals surface area contributed by atoms with E-state index < -0.39 is 0 Å². The smallest absolute Gasteiger partial charge is 0.254 e. The molecule has 18 heavy (non-hydrogen) atoms. The molecule has 1 unspecified atom stereocenters. The summed E-state index contributed by atoms with van der Waals surface area (Å²) < 4.78 is 0. The monoisotopic (exact) mass is 249 g/mol. The molecule has 1 atom stereocenters. The van der Waals surface area contributed by atoms with Crippen LogP contribution < -0.4 is 5.32 Å². The molecular weight excluding hydrogens is 226 g/mol. The number of carbonyl (C=O) groups is 1. The SMILES string of the molecule is CCCC(C)N(C)C(=O)c1ccnc(NCC)c1. The number of aromatic nitrogens is 1. The molecule has 0 saturated carbocycles. The minimum absolute atomic E-state index is 0.0532. The predicted molar refractivity (Wildman–Crippen MR) is 74.9 cm³/mol. The second kappa shape index (κ2) is 6.99. The van der Waals surface area contributed by atoms with Gasteiger partial charge in [-0.05, 0) is 32.4 Å². The second-order valence-electron chi connectivity index (χ2n) is 4.51. The van der Waals surface area contributed by atoms with Crippen molar-refractivity contribution in [3.05, 3.63) is 23.9 Å². The van der Waals surface area contributed by atoms with Crippen molar-refractivity contribution in [2.75, 3.05) is 18.9 Å². The summed E-state index contributed by atoms with van der Waals surface area (Å²) in [5.74, 6) is 0.803. The zero-order valence-corrected chi connectivity index (χ0v) is 11.7. The van der Waals surface area contributed by atoms with E-state index in [4.69, 9.17) is 0 Å². The van der Waals surface area contributed by atoms with Gasteiger partial charge < -0.3 is 10.2 Å². The fourth-order valence-corrected chi connectivity index (χ4v) is 1.86. The highest BCUT2D eigenvalue weighted by molar-refractivity contribution is 5.94. The molecule has 4 nitrogen and oxygen atoms in total. The third-order valence-electron chi connectivity index (χ3n) is 3.05. The van der Waals surface area contributed by atoms with Gasteiger partial charge in [-0.2, -0.15) is 0 Å². The van der Waals surface area contributed by atoms with Crippen molar-refractivity contribution >= 4 is 11.7 Å². The van der Waals surface area contributed by atoms with Gasteiger partial charge in [0.25, 0.3) is 5.91 Å². The van der Waals surface area contributed by atoms with Crippen LogP contribution in [0.4, 0.5) is 5.82 Å². The van der Waals surface area contributed by atoms with Crippen molar-refractivity contribution in [2.24, 2.45) is 0 Å². The number of pyridine rings is 1. The molecule has 1 rings (SSSR count). The molecule has 0 aromatic carbocycles. The summed E-state index contributed by atoms with van der Waals surface area (Å²) in [6.07, 6.45) is 3.77. The number of rotatable bonds is 6. The van der Waals surface area contributed by atoms with Crippen LogP contribution in [0, 0.1) is 0 Å². The lowest BCUT2D eigenvalue weighted by Gasteiger charge is -2.24. The summed E-state index contributed by atoms with van der Waals surface area (Å²) in [4.78, 5) is 18.3. The summed E-state index contributed by atoms with van der Waals surface area (Å²) in [6, 6.07) is 3.83. The highest BCUT2D eigenvalue weighted by Gasteiger charge is 2.17. The van der Waals surface area contributed by atoms with Crippen LogP contribution >= 0.6 is 0 Å². The molecule has 0 spiro atoms. The van der Waals surface area contributed by atoms with Crippen molar-refractivity contribution in [1.29, 1.82) is 0 Å². The van der Waals surface area contributed by atoms with E-state index >= 15 is 0 Å². The van der Waals surface area contributed by atoms with Crippen LogP contribution in [0.2, 0.25) is 0 Å². The van der Waals surface area contributed by atoms with Crippen molar-refractivity contribution in [3.8, 4) is 0 Å². The molecule has 0 bridgehead atoms. The predicted octanol–water partition coefficient (Wildman–Crippen LogP) is 2.77. The molecule has 1 heterocycles. The highest BCUT2D eigenvalue weighted by Crippen LogP contribution is 2.12. The van der Waals surface area contributed by atoms with E-state index in [1.807, 2.05) is 14.0 Å². The topological polar surface area (TPSA) is 45.2 Å². The van der Waals surface area contributed by atoms with E-state index in [9.17, 15) is 4.79 Å². The number of nitrogens with one attached hydrogen (secondary N) is 1. The van der Waals surface area contributed by atoms with Gasteiger partial charge in [-0.25, -0.2) is 4.98 Å². The van der Waals surface area contributed by atoms with Gasteiger partial charge in [-0.1, -0.05) is 13.3 Å². The van der Waals surface area contributed by atoms with Gasteiger partial charge in [-0.15, -0.1) is 0 Å². The highest BCUT2D eigenvalue weighted by atomic mass is 16.2. The normalized spacial score (nSPS) is 12.0. The largest absolute Gasteiger partial charge is 0.370 e. The van der Waals surface area contributed by atoms with E-state index in [0.717, 1.165) is 25.2 Å². The Hall–Kier alpha value is -1.58.